The molecule has 0 bridgehead atoms. The first-order valence-electron chi connectivity index (χ1n) is 16.6. The number of nitrogens with zero attached hydrogens (tertiary/aromatic N) is 1. The Labute approximate surface area is 283 Å². The maximum atomic E-state index is 6.60. The van der Waals surface area contributed by atoms with E-state index in [-0.39, 0.29) is 6.23 Å². The predicted octanol–water partition coefficient (Wildman–Crippen LogP) is 12.5. The largest absolute Gasteiger partial charge is 0.464 e. The van der Waals surface area contributed by atoms with E-state index in [0.717, 1.165) is 88.7 Å². The van der Waals surface area contributed by atoms with E-state index in [1.165, 1.54) is 0 Å². The van der Waals surface area contributed by atoms with Crippen LogP contribution in [0, 0.1) is 0 Å². The standard InChI is InChI=1S/C45H30N2O2/c1-3-10-30(11-4-1)45-46-40-24-20-29-18-19-33-27-36(22-23-37(33)43(29)44(40)49-45)47(34-13-5-2-6-14-34)35-15-9-12-31(26-35)32-21-25-42-39(28-32)38-16-7-8-17-41(38)48-42/h1-28,45-46H. The summed E-state index contributed by atoms with van der Waals surface area (Å²) in [5, 5.41) is 10.4. The Kier molecular flexibility index (Phi) is 6.21. The van der Waals surface area contributed by atoms with Crippen LogP contribution in [0.25, 0.3) is 54.6 Å². The Bertz CT molecular complexity index is 2680. The van der Waals surface area contributed by atoms with Gasteiger partial charge in [-0.2, -0.15) is 0 Å². The molecule has 0 amide bonds. The van der Waals surface area contributed by atoms with Crippen molar-refractivity contribution in [1.82, 2.24) is 0 Å². The van der Waals surface area contributed by atoms with Gasteiger partial charge in [-0.25, -0.2) is 0 Å². The highest BCUT2D eigenvalue weighted by molar-refractivity contribution is 6.14. The van der Waals surface area contributed by atoms with Crippen molar-refractivity contribution in [3.05, 3.63) is 175 Å². The highest BCUT2D eigenvalue weighted by atomic mass is 16.5. The van der Waals surface area contributed by atoms with Gasteiger partial charge in [-0.3, -0.25) is 0 Å². The second-order valence-corrected chi connectivity index (χ2v) is 12.6. The van der Waals surface area contributed by atoms with Gasteiger partial charge < -0.3 is 19.4 Å². The van der Waals surface area contributed by atoms with E-state index in [1.807, 2.05) is 30.3 Å². The number of nitrogens with one attached hydrogen (secondary N) is 1. The normalized spacial score (nSPS) is 13.8. The number of para-hydroxylation sites is 2. The molecule has 0 fully saturated rings. The number of fused-ring (bicyclic) bond motifs is 8. The molecule has 10 rings (SSSR count). The first-order valence-corrected chi connectivity index (χ1v) is 16.6. The third-order valence-corrected chi connectivity index (χ3v) is 9.65. The number of ether oxygens (including phenoxy) is 1. The van der Waals surface area contributed by atoms with Crippen LogP contribution < -0.4 is 15.0 Å². The van der Waals surface area contributed by atoms with Crippen molar-refractivity contribution in [2.75, 3.05) is 10.2 Å². The Morgan fingerprint density at radius 3 is 2.08 bits per heavy atom. The average molecular weight is 631 g/mol. The second-order valence-electron chi connectivity index (χ2n) is 12.6. The summed E-state index contributed by atoms with van der Waals surface area (Å²) in [5.41, 5.74) is 9.48. The van der Waals surface area contributed by atoms with Crippen LogP contribution in [0.1, 0.15) is 11.8 Å². The molecule has 0 radical (unpaired) electrons. The molecule has 1 atom stereocenters. The number of hydrogen-bond donors (Lipinski definition) is 1. The van der Waals surface area contributed by atoms with Crippen LogP contribution in [0.2, 0.25) is 0 Å². The maximum Gasteiger partial charge on any atom is 0.196 e. The van der Waals surface area contributed by atoms with Crippen molar-refractivity contribution in [2.24, 2.45) is 0 Å². The van der Waals surface area contributed by atoms with Crippen molar-refractivity contribution < 1.29 is 9.15 Å². The maximum absolute atomic E-state index is 6.60. The van der Waals surface area contributed by atoms with Gasteiger partial charge in [0.2, 0.25) is 0 Å². The quantitative estimate of drug-likeness (QED) is 0.192. The molecule has 232 valence electrons. The molecule has 2 heterocycles. The van der Waals surface area contributed by atoms with E-state index in [0.29, 0.717) is 0 Å². The van der Waals surface area contributed by atoms with Crippen LogP contribution in [0.15, 0.2) is 174 Å². The first-order chi connectivity index (χ1) is 24.3. The minimum Gasteiger partial charge on any atom is -0.464 e. The van der Waals surface area contributed by atoms with Crippen LogP contribution in [-0.2, 0) is 0 Å². The zero-order chi connectivity index (χ0) is 32.3. The molecule has 0 spiro atoms. The molecular weight excluding hydrogens is 601 g/mol. The number of benzene rings is 8. The Balaban J connectivity index is 1.08. The average Bonchev–Trinajstić information content (AvgIpc) is 3.77. The van der Waals surface area contributed by atoms with Crippen LogP contribution in [0.4, 0.5) is 22.7 Å². The summed E-state index contributed by atoms with van der Waals surface area (Å²) in [4.78, 5) is 2.33. The van der Waals surface area contributed by atoms with Crippen molar-refractivity contribution in [3.63, 3.8) is 0 Å². The fraction of sp³-hybridized carbons (Fsp3) is 0.0222. The Morgan fingerprint density at radius 2 is 1.18 bits per heavy atom. The zero-order valence-corrected chi connectivity index (χ0v) is 26.5. The number of anilines is 4. The van der Waals surface area contributed by atoms with Gasteiger partial charge in [0, 0.05) is 38.8 Å². The summed E-state index contributed by atoms with van der Waals surface area (Å²) in [6.45, 7) is 0. The summed E-state index contributed by atoms with van der Waals surface area (Å²) < 4.78 is 12.7. The summed E-state index contributed by atoms with van der Waals surface area (Å²) >= 11 is 0. The lowest BCUT2D eigenvalue weighted by atomic mass is 9.99. The number of furan rings is 1. The van der Waals surface area contributed by atoms with E-state index in [2.05, 4.69) is 150 Å². The first kappa shape index (κ1) is 27.6. The topological polar surface area (TPSA) is 37.6 Å². The van der Waals surface area contributed by atoms with Gasteiger partial charge in [-0.1, -0.05) is 109 Å². The molecule has 49 heavy (non-hydrogen) atoms. The molecule has 1 unspecified atom stereocenters. The van der Waals surface area contributed by atoms with Crippen LogP contribution in [0.5, 0.6) is 5.75 Å². The second kappa shape index (κ2) is 11.0. The molecule has 1 N–H and O–H groups in total. The number of hydrogen-bond acceptors (Lipinski definition) is 4. The van der Waals surface area contributed by atoms with E-state index in [9.17, 15) is 0 Å². The zero-order valence-electron chi connectivity index (χ0n) is 26.5. The summed E-state index contributed by atoms with van der Waals surface area (Å²) in [7, 11) is 0. The smallest absolute Gasteiger partial charge is 0.196 e. The molecule has 1 aliphatic heterocycles. The molecule has 0 saturated heterocycles. The summed E-state index contributed by atoms with van der Waals surface area (Å²) in [6, 6.07) is 59.8. The number of rotatable bonds is 5. The van der Waals surface area contributed by atoms with Gasteiger partial charge >= 0.3 is 0 Å². The Morgan fingerprint density at radius 1 is 0.469 bits per heavy atom. The van der Waals surface area contributed by atoms with Gasteiger partial charge in [0.25, 0.3) is 0 Å². The van der Waals surface area contributed by atoms with Crippen LogP contribution in [0.3, 0.4) is 0 Å². The van der Waals surface area contributed by atoms with Crippen molar-refractivity contribution in [3.8, 4) is 16.9 Å². The lowest BCUT2D eigenvalue weighted by Gasteiger charge is -2.26. The predicted molar refractivity (Wildman–Crippen MR) is 202 cm³/mol. The van der Waals surface area contributed by atoms with Crippen LogP contribution in [-0.4, -0.2) is 0 Å². The molecule has 0 saturated carbocycles. The van der Waals surface area contributed by atoms with Gasteiger partial charge in [0.05, 0.1) is 5.69 Å². The van der Waals surface area contributed by atoms with Crippen molar-refractivity contribution in [1.29, 1.82) is 0 Å². The monoisotopic (exact) mass is 630 g/mol. The van der Waals surface area contributed by atoms with E-state index in [4.69, 9.17) is 9.15 Å². The molecule has 4 heteroatoms. The lowest BCUT2D eigenvalue weighted by Crippen LogP contribution is -2.10. The third kappa shape index (κ3) is 4.61. The van der Waals surface area contributed by atoms with Crippen LogP contribution >= 0.6 is 0 Å². The van der Waals surface area contributed by atoms with Gasteiger partial charge in [-0.05, 0) is 87.9 Å². The fourth-order valence-corrected chi connectivity index (χ4v) is 7.31. The highest BCUT2D eigenvalue weighted by Crippen LogP contribution is 2.47. The molecule has 9 aromatic rings. The summed E-state index contributed by atoms with van der Waals surface area (Å²) in [6.07, 6.45) is -0.217. The molecular formula is C45H30N2O2. The lowest BCUT2D eigenvalue weighted by molar-refractivity contribution is 0.263. The molecule has 1 aliphatic rings. The molecule has 4 nitrogen and oxygen atoms in total. The highest BCUT2D eigenvalue weighted by Gasteiger charge is 2.26. The van der Waals surface area contributed by atoms with E-state index >= 15 is 0 Å². The van der Waals surface area contributed by atoms with Gasteiger partial charge in [0.1, 0.15) is 11.2 Å². The summed E-state index contributed by atoms with van der Waals surface area (Å²) in [5.74, 6) is 0.902. The third-order valence-electron chi connectivity index (χ3n) is 9.65. The van der Waals surface area contributed by atoms with E-state index < -0.39 is 0 Å². The Hall–Kier alpha value is -6.52. The molecule has 0 aliphatic carbocycles. The minimum atomic E-state index is -0.217. The SMILES string of the molecule is c1ccc(C2Nc3ccc4ccc5cc(N(c6ccccc6)c6cccc(-c7ccc8oc9ccccc9c8c7)c6)ccc5c4c3O2)cc1. The molecule has 8 aromatic carbocycles. The van der Waals surface area contributed by atoms with Crippen molar-refractivity contribution >= 4 is 66.2 Å². The van der Waals surface area contributed by atoms with Crippen molar-refractivity contribution in [2.45, 2.75) is 6.23 Å². The van der Waals surface area contributed by atoms with Gasteiger partial charge in [-0.15, -0.1) is 0 Å². The van der Waals surface area contributed by atoms with Gasteiger partial charge in [0.15, 0.2) is 12.0 Å². The fourth-order valence-electron chi connectivity index (χ4n) is 7.31. The molecule has 1 aromatic heterocycles. The minimum absolute atomic E-state index is 0.217. The van der Waals surface area contributed by atoms with E-state index in [1.54, 1.807) is 0 Å².